The van der Waals surface area contributed by atoms with Crippen LogP contribution in [0.1, 0.15) is 25.0 Å². The molecule has 0 saturated carbocycles. The maximum atomic E-state index is 11.8. The lowest BCUT2D eigenvalue weighted by molar-refractivity contribution is -0.222. The summed E-state index contributed by atoms with van der Waals surface area (Å²) in [6.45, 7) is 6.93. The van der Waals surface area contributed by atoms with Crippen LogP contribution in [-0.4, -0.2) is 17.7 Å². The Morgan fingerprint density at radius 3 is 2.24 bits per heavy atom. The number of esters is 2. The molecule has 1 heterocycles. The predicted octanol–water partition coefficient (Wildman–Crippen LogP) is 3.20. The van der Waals surface area contributed by atoms with Gasteiger partial charge in [-0.2, -0.15) is 0 Å². The van der Waals surface area contributed by atoms with E-state index in [1.54, 1.807) is 0 Å². The van der Waals surface area contributed by atoms with Gasteiger partial charge in [-0.15, -0.1) is 0 Å². The van der Waals surface area contributed by atoms with Crippen LogP contribution in [0.4, 0.5) is 5.69 Å². The zero-order valence-corrected chi connectivity index (χ0v) is 13.8. The molecule has 1 aromatic carbocycles. The number of ether oxygens (including phenoxy) is 2. The molecular formula is C15H16BrNO4. The number of carbonyl (C=O) groups is 2. The summed E-state index contributed by atoms with van der Waals surface area (Å²) in [7, 11) is 0. The number of cyclic esters (lactones) is 2. The van der Waals surface area contributed by atoms with Crippen LogP contribution in [0.2, 0.25) is 0 Å². The number of carbonyl (C=O) groups excluding carboxylic acids is 2. The first kappa shape index (κ1) is 15.6. The largest absolute Gasteiger partial charge is 0.419 e. The molecule has 0 unspecified atom stereocenters. The van der Waals surface area contributed by atoms with Crippen molar-refractivity contribution in [3.05, 3.63) is 39.5 Å². The van der Waals surface area contributed by atoms with Crippen molar-refractivity contribution in [1.29, 1.82) is 0 Å². The van der Waals surface area contributed by atoms with Crippen molar-refractivity contribution in [2.45, 2.75) is 33.5 Å². The van der Waals surface area contributed by atoms with Crippen LogP contribution in [0.25, 0.3) is 0 Å². The average molecular weight is 354 g/mol. The van der Waals surface area contributed by atoms with Crippen LogP contribution in [0, 0.1) is 13.8 Å². The molecule has 112 valence electrons. The Morgan fingerprint density at radius 1 is 1.14 bits per heavy atom. The molecule has 0 atom stereocenters. The predicted molar refractivity (Wildman–Crippen MR) is 81.6 cm³/mol. The lowest BCUT2D eigenvalue weighted by Crippen LogP contribution is -2.42. The van der Waals surface area contributed by atoms with Crippen LogP contribution < -0.4 is 5.32 Å². The van der Waals surface area contributed by atoms with E-state index in [2.05, 4.69) is 21.2 Å². The Bertz CT molecular complexity index is 604. The lowest BCUT2D eigenvalue weighted by atomic mass is 10.1. The van der Waals surface area contributed by atoms with Crippen LogP contribution in [-0.2, 0) is 19.1 Å². The first-order chi connectivity index (χ1) is 9.69. The summed E-state index contributed by atoms with van der Waals surface area (Å²) in [5.41, 5.74) is 2.70. The van der Waals surface area contributed by atoms with E-state index in [0.717, 1.165) is 21.3 Å². The van der Waals surface area contributed by atoms with E-state index in [-0.39, 0.29) is 5.57 Å². The third kappa shape index (κ3) is 3.44. The minimum absolute atomic E-state index is 0.166. The average Bonchev–Trinajstić information content (AvgIpc) is 2.29. The molecule has 1 saturated heterocycles. The normalized spacial score (nSPS) is 17.1. The summed E-state index contributed by atoms with van der Waals surface area (Å²) in [4.78, 5) is 23.6. The quantitative estimate of drug-likeness (QED) is 0.502. The Morgan fingerprint density at radius 2 is 1.71 bits per heavy atom. The zero-order valence-electron chi connectivity index (χ0n) is 12.2. The van der Waals surface area contributed by atoms with Gasteiger partial charge in [-0.25, -0.2) is 9.59 Å². The fourth-order valence-electron chi connectivity index (χ4n) is 2.02. The van der Waals surface area contributed by atoms with E-state index in [0.29, 0.717) is 0 Å². The van der Waals surface area contributed by atoms with Gasteiger partial charge in [0.05, 0.1) is 5.69 Å². The van der Waals surface area contributed by atoms with Gasteiger partial charge >= 0.3 is 11.9 Å². The molecule has 1 aromatic rings. The maximum absolute atomic E-state index is 11.8. The van der Waals surface area contributed by atoms with Gasteiger partial charge in [0.15, 0.2) is 5.57 Å². The number of anilines is 1. The maximum Gasteiger partial charge on any atom is 0.350 e. The standard InChI is InChI=1S/C15H16BrNO4/c1-8-5-9(2)12(11(16)6-8)17-7-10-13(18)20-15(3,4)21-14(10)19/h5-7,17H,1-4H3. The molecule has 5 nitrogen and oxygen atoms in total. The number of halogens is 1. The fraction of sp³-hybridized carbons (Fsp3) is 0.333. The Labute approximate surface area is 131 Å². The van der Waals surface area contributed by atoms with Crippen LogP contribution in [0.5, 0.6) is 0 Å². The highest BCUT2D eigenvalue weighted by atomic mass is 79.9. The van der Waals surface area contributed by atoms with E-state index in [1.165, 1.54) is 20.0 Å². The number of hydrogen-bond donors (Lipinski definition) is 1. The molecule has 0 spiro atoms. The smallest absolute Gasteiger partial charge is 0.350 e. The van der Waals surface area contributed by atoms with Crippen LogP contribution in [0.3, 0.4) is 0 Å². The molecule has 1 aliphatic heterocycles. The van der Waals surface area contributed by atoms with Gasteiger partial charge in [-0.3, -0.25) is 0 Å². The Kier molecular flexibility index (Phi) is 4.09. The summed E-state index contributed by atoms with van der Waals surface area (Å²) >= 11 is 3.45. The van der Waals surface area contributed by atoms with Crippen molar-refractivity contribution >= 4 is 33.6 Å². The molecule has 1 fully saturated rings. The third-order valence-corrected chi connectivity index (χ3v) is 3.53. The van der Waals surface area contributed by atoms with E-state index >= 15 is 0 Å². The minimum Gasteiger partial charge on any atom is -0.419 e. The minimum atomic E-state index is -1.23. The van der Waals surface area contributed by atoms with Crippen molar-refractivity contribution in [1.82, 2.24) is 0 Å². The van der Waals surface area contributed by atoms with Gasteiger partial charge in [0, 0.05) is 24.5 Å². The van der Waals surface area contributed by atoms with Crippen molar-refractivity contribution in [2.24, 2.45) is 0 Å². The van der Waals surface area contributed by atoms with Gasteiger partial charge in [0.25, 0.3) is 5.79 Å². The molecule has 0 bridgehead atoms. The SMILES string of the molecule is Cc1cc(C)c(NC=C2C(=O)OC(C)(C)OC2=O)c(Br)c1. The summed E-state index contributed by atoms with van der Waals surface area (Å²) in [6, 6.07) is 3.93. The second kappa shape index (κ2) is 5.52. The first-order valence-electron chi connectivity index (χ1n) is 6.40. The molecule has 0 radical (unpaired) electrons. The van der Waals surface area contributed by atoms with E-state index < -0.39 is 17.7 Å². The third-order valence-electron chi connectivity index (χ3n) is 2.91. The Balaban J connectivity index is 2.26. The van der Waals surface area contributed by atoms with E-state index in [9.17, 15) is 9.59 Å². The molecule has 0 amide bonds. The Hall–Kier alpha value is -1.82. The summed E-state index contributed by atoms with van der Waals surface area (Å²) in [5, 5.41) is 2.96. The van der Waals surface area contributed by atoms with Gasteiger partial charge in [0.1, 0.15) is 0 Å². The molecular weight excluding hydrogens is 338 g/mol. The fourth-order valence-corrected chi connectivity index (χ4v) is 2.81. The van der Waals surface area contributed by atoms with Crippen molar-refractivity contribution in [3.63, 3.8) is 0 Å². The zero-order chi connectivity index (χ0) is 15.8. The van der Waals surface area contributed by atoms with Gasteiger partial charge in [-0.1, -0.05) is 6.07 Å². The number of nitrogens with one attached hydrogen (secondary N) is 1. The van der Waals surface area contributed by atoms with Gasteiger partial charge in [-0.05, 0) is 47.0 Å². The highest BCUT2D eigenvalue weighted by Crippen LogP contribution is 2.29. The number of benzene rings is 1. The summed E-state index contributed by atoms with van der Waals surface area (Å²) in [6.07, 6.45) is 1.31. The molecule has 2 rings (SSSR count). The first-order valence-corrected chi connectivity index (χ1v) is 7.19. The summed E-state index contributed by atoms with van der Waals surface area (Å²) < 4.78 is 10.9. The lowest BCUT2D eigenvalue weighted by Gasteiger charge is -2.29. The van der Waals surface area contributed by atoms with Crippen LogP contribution >= 0.6 is 15.9 Å². The van der Waals surface area contributed by atoms with Crippen molar-refractivity contribution < 1.29 is 19.1 Å². The number of aryl methyl sites for hydroxylation is 2. The molecule has 0 aliphatic carbocycles. The topological polar surface area (TPSA) is 64.6 Å². The number of hydrogen-bond acceptors (Lipinski definition) is 5. The van der Waals surface area contributed by atoms with E-state index in [1.807, 2.05) is 26.0 Å². The molecule has 1 N–H and O–H groups in total. The van der Waals surface area contributed by atoms with Crippen molar-refractivity contribution in [3.8, 4) is 0 Å². The van der Waals surface area contributed by atoms with Gasteiger partial charge < -0.3 is 14.8 Å². The second-order valence-electron chi connectivity index (χ2n) is 5.32. The summed E-state index contributed by atoms with van der Waals surface area (Å²) in [5.74, 6) is -2.64. The molecule has 0 aromatic heterocycles. The molecule has 21 heavy (non-hydrogen) atoms. The monoisotopic (exact) mass is 353 g/mol. The van der Waals surface area contributed by atoms with Gasteiger partial charge in [0.2, 0.25) is 0 Å². The second-order valence-corrected chi connectivity index (χ2v) is 6.17. The highest BCUT2D eigenvalue weighted by Gasteiger charge is 2.38. The molecule has 1 aliphatic rings. The van der Waals surface area contributed by atoms with Crippen LogP contribution in [0.15, 0.2) is 28.4 Å². The number of rotatable bonds is 2. The van der Waals surface area contributed by atoms with Crippen molar-refractivity contribution in [2.75, 3.05) is 5.32 Å². The highest BCUT2D eigenvalue weighted by molar-refractivity contribution is 9.10. The van der Waals surface area contributed by atoms with E-state index in [4.69, 9.17) is 9.47 Å². The molecule has 6 heteroatoms.